The number of phosphoric ester groups is 1. The molecule has 0 radical (unpaired) electrons. The van der Waals surface area contributed by atoms with Crippen molar-refractivity contribution in [1.29, 1.82) is 0 Å². The van der Waals surface area contributed by atoms with Crippen LogP contribution in [0.15, 0.2) is 21.7 Å². The second kappa shape index (κ2) is 87.1. The van der Waals surface area contributed by atoms with Crippen LogP contribution in [0.4, 0.5) is 14.4 Å². The van der Waals surface area contributed by atoms with E-state index in [-0.39, 0.29) is 59.0 Å². The summed E-state index contributed by atoms with van der Waals surface area (Å²) in [6.45, 7) is 43.8. The van der Waals surface area contributed by atoms with E-state index in [2.05, 4.69) is 98.3 Å². The first-order valence-electron chi connectivity index (χ1n) is 33.6. The number of carbonyl (C=O) groups excluding carboxylic acids is 8. The van der Waals surface area contributed by atoms with Crippen LogP contribution in [-0.4, -0.2) is 271 Å². The number of Topliss-reactive ketones (excluding diaryl/α,β-unsaturated/α-hetero) is 3. The van der Waals surface area contributed by atoms with Crippen molar-refractivity contribution in [2.24, 2.45) is 44.0 Å². The van der Waals surface area contributed by atoms with Crippen LogP contribution in [0.1, 0.15) is 179 Å². The van der Waals surface area contributed by atoms with E-state index in [0.29, 0.717) is 19.4 Å². The highest BCUT2D eigenvalue weighted by Crippen LogP contribution is 2.46. The molecule has 662 valence electrons. The number of oxime groups is 1. The van der Waals surface area contributed by atoms with Crippen LogP contribution in [0.25, 0.3) is 0 Å². The lowest BCUT2D eigenvalue weighted by Crippen LogP contribution is -2.51. The topological polar surface area (TPSA) is 444 Å². The Morgan fingerprint density at radius 3 is 1.08 bits per heavy atom. The van der Waals surface area contributed by atoms with Crippen LogP contribution in [-0.2, 0) is 90.1 Å². The molecule has 0 rings (SSSR count). The predicted octanol–water partition coefficient (Wildman–Crippen LogP) is 13.1. The van der Waals surface area contributed by atoms with E-state index < -0.39 is 69.7 Å². The van der Waals surface area contributed by atoms with Gasteiger partial charge in [-0.15, -0.1) is 0 Å². The number of rotatable bonds is 20. The first-order valence-corrected chi connectivity index (χ1v) is 41.5. The monoisotopic (exact) mass is 1680 g/mol. The highest BCUT2D eigenvalue weighted by atomic mass is 33.1. The molecule has 0 saturated heterocycles. The van der Waals surface area contributed by atoms with Gasteiger partial charge >= 0.3 is 32.1 Å². The molecule has 2 atom stereocenters. The number of carbonyl (C=O) groups is 8. The highest BCUT2D eigenvalue weighted by molar-refractivity contribution is 8.76. The molecule has 0 aromatic rings. The summed E-state index contributed by atoms with van der Waals surface area (Å²) in [7, 11) is 24.3. The zero-order chi connectivity index (χ0) is 91.1. The van der Waals surface area contributed by atoms with Gasteiger partial charge in [0, 0.05) is 145 Å². The number of hydrogen-bond donors (Lipinski definition) is 8. The van der Waals surface area contributed by atoms with Crippen molar-refractivity contribution in [3.8, 4) is 0 Å². The molecule has 38 heteroatoms. The van der Waals surface area contributed by atoms with E-state index in [9.17, 15) is 61.6 Å². The molecule has 0 heterocycles. The molecule has 9 N–H and O–H groups in total. The summed E-state index contributed by atoms with van der Waals surface area (Å²) in [6, 6.07) is -0.858. The number of esters is 1. The zero-order valence-corrected chi connectivity index (χ0v) is 80.3. The number of alkyl carbamates (subject to hydrolysis) is 1. The van der Waals surface area contributed by atoms with Gasteiger partial charge in [0.2, 0.25) is 21.7 Å². The third kappa shape index (κ3) is 133. The minimum atomic E-state index is -3.16. The number of amides is 4. The number of aliphatic hydroxyl groups excluding tert-OH is 2. The van der Waals surface area contributed by atoms with Crippen molar-refractivity contribution in [2.45, 2.75) is 196 Å². The molecule has 0 spiro atoms. The van der Waals surface area contributed by atoms with Crippen molar-refractivity contribution in [3.63, 3.8) is 0 Å². The molecule has 0 aliphatic heterocycles. The molecule has 0 saturated carbocycles. The van der Waals surface area contributed by atoms with E-state index >= 15 is 0 Å². The van der Waals surface area contributed by atoms with Gasteiger partial charge in [-0.3, -0.25) is 42.5 Å². The van der Waals surface area contributed by atoms with Crippen molar-refractivity contribution < 1.29 is 113 Å². The lowest BCUT2D eigenvalue weighted by Gasteiger charge is -2.32. The number of urea groups is 1. The third-order valence-corrected chi connectivity index (χ3v) is 14.9. The van der Waals surface area contributed by atoms with Gasteiger partial charge in [-0.05, 0) is 120 Å². The summed E-state index contributed by atoms with van der Waals surface area (Å²) in [4.78, 5) is 95.2. The van der Waals surface area contributed by atoms with E-state index in [0.717, 1.165) is 28.5 Å². The Morgan fingerprint density at radius 2 is 0.963 bits per heavy atom. The number of aliphatic imine (C=N–C) groups is 1. The number of sulfonamides is 1. The lowest BCUT2D eigenvalue weighted by molar-refractivity contribution is -0.178. The molecule has 0 unspecified atom stereocenters. The molecule has 0 fully saturated rings. The summed E-state index contributed by atoms with van der Waals surface area (Å²) in [5.41, 5.74) is 5.17. The van der Waals surface area contributed by atoms with E-state index in [1.54, 1.807) is 117 Å². The number of ether oxygens (including phenoxy) is 7. The number of allylic oxidation sites excluding steroid dienone is 2. The zero-order valence-electron chi connectivity index (χ0n) is 76.1. The SMILES string of the molecule is CC(C)(C)C(=O)/C(O)=C(\O)C(C)(C)C.CC(C)[C@H](NC(C)(C)C)C(=O)C[C@@H](CCCNC(N)=O)C(=O)C(C)(C)C.CCNC.CN(C)S(C)(=O)=O.CN=C(C)C.CNC(=O)OC.CNC(C)=O.COC.COC(=O)OC.COC(C)(C)OC.COC(C)=O.CON=C(C)C.COP(=O)(OC)OC.CSC.CSSC. The van der Waals surface area contributed by atoms with Gasteiger partial charge in [0.25, 0.3) is 0 Å². The second-order valence-electron chi connectivity index (χ2n) is 26.6. The van der Waals surface area contributed by atoms with Gasteiger partial charge < -0.3 is 80.5 Å². The van der Waals surface area contributed by atoms with Crippen LogP contribution >= 0.6 is 41.2 Å². The fourth-order valence-electron chi connectivity index (χ4n) is 4.45. The Bertz CT molecular complexity index is 2390. The maximum atomic E-state index is 12.9. The van der Waals surface area contributed by atoms with Crippen LogP contribution in [0.3, 0.4) is 0 Å². The van der Waals surface area contributed by atoms with Crippen molar-refractivity contribution in [1.82, 2.24) is 30.9 Å². The Hall–Kier alpha value is -4.89. The number of nitrogens with two attached hydrogens (primary N) is 1. The number of phosphoric acid groups is 1. The number of ketones is 3. The lowest BCUT2D eigenvalue weighted by atomic mass is 9.77. The average molecular weight is 1680 g/mol. The number of methoxy groups -OCH3 is 7. The Labute approximate surface area is 673 Å². The Morgan fingerprint density at radius 1 is 0.624 bits per heavy atom. The molecule has 0 aromatic carbocycles. The van der Waals surface area contributed by atoms with Gasteiger partial charge in [-0.1, -0.05) is 110 Å². The maximum absolute atomic E-state index is 12.9. The number of primary amides is 1. The average Bonchev–Trinajstić information content (AvgIpc) is 0.848. The number of hydrogen-bond acceptors (Lipinski definition) is 31. The molecule has 109 heavy (non-hydrogen) atoms. The van der Waals surface area contributed by atoms with Crippen molar-refractivity contribution >= 4 is 110 Å². The standard InChI is InChI=1S/C20H39N3O3.C11H20O3.C5H12O2.C4H9NO.C4H9N.C3H9NO2S.C3H7NO2.C3H7NO.C3H9N.C3H9O4P.C3H6O3.C3H6O2.C2H6O.C2H6S2.C2H6S/c1-13(2)16(23-20(6,7)8)15(24)12-14(17(25)19(3,4)5)10-9-11-22-18(21)26;1-10(2,3)8(13)7(12)9(14)11(4,5)6;1-5(2,6-3)7-4;1-4(2)5-6-3;1-4(2)5-3;1-4(2)7(3,5)6;1-4-3(5)6-2;1-3(5)4-2;1-3-4-2;1-5-8(4,6-2)7-3;1-5-3(4)6-2;1-3(4)5-2;1-3-2;1-3-4-2;1-3-2/h13-14,16,23H,9-12H2,1-8H3,(H3,21,22,26);12-13H,1-6H3;1-4H3;1-3H3;1-3H3;1-3H3;1-2H3,(H,4,5);1-2H3,(H,4,5);4H,3H2,1-2H3;1-3H3;1-2H3;1-2H3;1-2H3;1-2H3;1-2H3/b;8-7+;;;;;;;;;;;;;/t14-,16+;;;;;;;;;;;;;;/m1............../s1. The molecule has 4 amide bonds. The number of thioether (sulfide) groups is 1. The predicted molar refractivity (Wildman–Crippen MR) is 455 cm³/mol. The molecule has 0 aromatic heterocycles. The third-order valence-electron chi connectivity index (χ3n) is 10.9. The highest BCUT2D eigenvalue weighted by Gasteiger charge is 2.35. The molecular weight excluding hydrogens is 1520 g/mol. The number of aliphatic hydroxyl groups is 2. The molecular formula is C71H160N9O24PS4. The van der Waals surface area contributed by atoms with Gasteiger partial charge in [0.15, 0.2) is 17.3 Å². The summed E-state index contributed by atoms with van der Waals surface area (Å²) < 4.78 is 75.7. The van der Waals surface area contributed by atoms with Gasteiger partial charge in [-0.25, -0.2) is 31.7 Å². The van der Waals surface area contributed by atoms with Gasteiger partial charge in [-0.2, -0.15) is 11.8 Å². The summed E-state index contributed by atoms with van der Waals surface area (Å²) in [5.74, 6) is -1.92. The second-order valence-corrected chi connectivity index (χ2v) is 34.2. The van der Waals surface area contributed by atoms with Crippen LogP contribution in [0.2, 0.25) is 0 Å². The molecule has 0 aliphatic rings. The molecule has 0 aliphatic carbocycles. The number of nitrogens with zero attached hydrogens (tertiary/aromatic N) is 3. The van der Waals surface area contributed by atoms with Gasteiger partial charge in [0.05, 0.1) is 46.4 Å². The van der Waals surface area contributed by atoms with Crippen molar-refractivity contribution in [3.05, 3.63) is 11.5 Å². The Kier molecular flexibility index (Phi) is 111. The normalized spacial score (nSPS) is 10.9. The number of nitrogens with one attached hydrogen (secondary N) is 5. The van der Waals surface area contributed by atoms with Gasteiger partial charge in [0.1, 0.15) is 18.7 Å². The maximum Gasteiger partial charge on any atom is 0.507 e. The van der Waals surface area contributed by atoms with Crippen molar-refractivity contribution in [2.75, 3.05) is 172 Å². The summed E-state index contributed by atoms with van der Waals surface area (Å²) in [6.07, 6.45) is 9.69. The van der Waals surface area contributed by atoms with Crippen LogP contribution < -0.4 is 32.3 Å². The van der Waals surface area contributed by atoms with Crippen LogP contribution in [0, 0.1) is 28.1 Å². The smallest absolute Gasteiger partial charge is 0.507 e. The quantitative estimate of drug-likeness (QED) is 0.00536. The minimum absolute atomic E-state index is 0.00463. The van der Waals surface area contributed by atoms with E-state index in [1.807, 2.05) is 116 Å². The fraction of sp³-hybridized carbons (Fsp3) is 0.831. The minimum Gasteiger partial charge on any atom is -0.508 e. The largest absolute Gasteiger partial charge is 0.508 e. The molecule has 0 bridgehead atoms. The summed E-state index contributed by atoms with van der Waals surface area (Å²) in [5, 5.41) is 36.2. The van der Waals surface area contributed by atoms with E-state index in [4.69, 9.17) is 15.2 Å². The fourth-order valence-corrected chi connectivity index (χ4v) is 4.89. The summed E-state index contributed by atoms with van der Waals surface area (Å²) >= 11 is 1.75. The Balaban J connectivity index is -0.0000000709. The van der Waals surface area contributed by atoms with Crippen LogP contribution in [0.5, 0.6) is 0 Å². The first kappa shape index (κ1) is 139. The first-order chi connectivity index (χ1) is 49.2. The molecule has 33 nitrogen and oxygen atoms in total. The van der Waals surface area contributed by atoms with E-state index in [1.165, 1.54) is 91.9 Å².